The van der Waals surface area contributed by atoms with Crippen molar-refractivity contribution in [3.63, 3.8) is 0 Å². The molecule has 0 N–H and O–H groups in total. The molecule has 3 heterocycles. The van der Waals surface area contributed by atoms with Gasteiger partial charge in [-0.2, -0.15) is 0 Å². The highest BCUT2D eigenvalue weighted by molar-refractivity contribution is 7.99. The van der Waals surface area contributed by atoms with Gasteiger partial charge in [0.1, 0.15) is 0 Å². The van der Waals surface area contributed by atoms with E-state index in [1.807, 2.05) is 13.0 Å². The number of fused-ring (bicyclic) bond motifs is 2. The van der Waals surface area contributed by atoms with Gasteiger partial charge in [0, 0.05) is 49.1 Å². The Morgan fingerprint density at radius 3 is 2.63 bits per heavy atom. The average Bonchev–Trinajstić information content (AvgIpc) is 2.94. The summed E-state index contributed by atoms with van der Waals surface area (Å²) in [5.74, 6) is -0.888. The molecule has 3 aliphatic rings. The van der Waals surface area contributed by atoms with Crippen molar-refractivity contribution in [2.45, 2.75) is 36.0 Å². The van der Waals surface area contributed by atoms with Gasteiger partial charge in [-0.3, -0.25) is 24.2 Å². The molecule has 1 unspecified atom stereocenters. The van der Waals surface area contributed by atoms with E-state index in [1.165, 1.54) is 27.5 Å². The first-order valence-corrected chi connectivity index (χ1v) is 13.9. The summed E-state index contributed by atoms with van der Waals surface area (Å²) in [5.41, 5.74) is 5.27. The SMILES string of the molecule is COC(=O)Cc1ccc2c(c1)N(CCCN1CC=C(C3=CC(=O)N(C)C(=O)C3C)CC1)c1ccccc1S2. The van der Waals surface area contributed by atoms with Crippen molar-refractivity contribution in [2.75, 3.05) is 45.2 Å². The Kier molecular flexibility index (Phi) is 7.72. The van der Waals surface area contributed by atoms with E-state index in [-0.39, 0.29) is 30.1 Å². The lowest BCUT2D eigenvalue weighted by molar-refractivity contribution is -0.143. The fraction of sp³-hybridized carbons (Fsp3) is 0.367. The summed E-state index contributed by atoms with van der Waals surface area (Å²) in [6, 6.07) is 14.7. The van der Waals surface area contributed by atoms with Crippen LogP contribution in [0.15, 0.2) is 75.6 Å². The number of rotatable bonds is 7. The number of esters is 1. The number of carbonyl (C=O) groups is 3. The molecule has 2 aromatic carbocycles. The van der Waals surface area contributed by atoms with E-state index in [2.05, 4.69) is 52.3 Å². The van der Waals surface area contributed by atoms with Crippen LogP contribution in [0, 0.1) is 5.92 Å². The van der Waals surface area contributed by atoms with Crippen molar-refractivity contribution in [1.82, 2.24) is 9.80 Å². The first kappa shape index (κ1) is 26.3. The minimum Gasteiger partial charge on any atom is -0.469 e. The number of hydrogen-bond acceptors (Lipinski definition) is 7. The number of nitrogens with zero attached hydrogens (tertiary/aromatic N) is 3. The fourth-order valence-corrected chi connectivity index (χ4v) is 6.43. The summed E-state index contributed by atoms with van der Waals surface area (Å²) in [5, 5.41) is 0. The van der Waals surface area contributed by atoms with E-state index in [1.54, 1.807) is 24.9 Å². The van der Waals surface area contributed by atoms with Crippen molar-refractivity contribution < 1.29 is 19.1 Å². The maximum Gasteiger partial charge on any atom is 0.309 e. The predicted octanol–water partition coefficient (Wildman–Crippen LogP) is 4.59. The molecule has 0 bridgehead atoms. The third kappa shape index (κ3) is 5.28. The first-order valence-electron chi connectivity index (χ1n) is 13.0. The predicted molar refractivity (Wildman–Crippen MR) is 149 cm³/mol. The van der Waals surface area contributed by atoms with Crippen molar-refractivity contribution in [3.8, 4) is 0 Å². The fourth-order valence-electron chi connectivity index (χ4n) is 5.35. The van der Waals surface area contributed by atoms with E-state index in [4.69, 9.17) is 4.74 Å². The third-order valence-electron chi connectivity index (χ3n) is 7.56. The first-order chi connectivity index (χ1) is 18.4. The number of anilines is 2. The lowest BCUT2D eigenvalue weighted by atomic mass is 9.86. The van der Waals surface area contributed by atoms with Crippen molar-refractivity contribution in [2.24, 2.45) is 5.92 Å². The Balaban J connectivity index is 1.26. The molecule has 7 nitrogen and oxygen atoms in total. The Labute approximate surface area is 228 Å². The number of para-hydroxylation sites is 1. The molecule has 0 fully saturated rings. The Morgan fingerprint density at radius 1 is 1.08 bits per heavy atom. The van der Waals surface area contributed by atoms with Crippen LogP contribution >= 0.6 is 11.8 Å². The van der Waals surface area contributed by atoms with E-state index in [0.717, 1.165) is 61.4 Å². The zero-order valence-electron chi connectivity index (χ0n) is 22.1. The van der Waals surface area contributed by atoms with Crippen LogP contribution in [0.2, 0.25) is 0 Å². The lowest BCUT2D eigenvalue weighted by Crippen LogP contribution is -2.41. The van der Waals surface area contributed by atoms with Gasteiger partial charge in [0.05, 0.1) is 30.8 Å². The zero-order chi connectivity index (χ0) is 26.8. The third-order valence-corrected chi connectivity index (χ3v) is 8.69. The summed E-state index contributed by atoms with van der Waals surface area (Å²) in [7, 11) is 2.96. The molecule has 8 heteroatoms. The minimum absolute atomic E-state index is 0.133. The maximum atomic E-state index is 12.4. The molecule has 38 heavy (non-hydrogen) atoms. The number of likely N-dealkylation sites (N-methyl/N-ethyl adjacent to an activating group) is 1. The Hall–Kier alpha value is -3.36. The molecule has 198 valence electrons. The van der Waals surface area contributed by atoms with Gasteiger partial charge in [0.25, 0.3) is 5.91 Å². The van der Waals surface area contributed by atoms with Crippen LogP contribution in [0.25, 0.3) is 0 Å². The van der Waals surface area contributed by atoms with Gasteiger partial charge in [-0.1, -0.05) is 36.0 Å². The molecule has 1 atom stereocenters. The summed E-state index contributed by atoms with van der Waals surface area (Å²) in [6.45, 7) is 5.40. The van der Waals surface area contributed by atoms with Crippen molar-refractivity contribution in [1.29, 1.82) is 0 Å². The summed E-state index contributed by atoms with van der Waals surface area (Å²) in [4.78, 5) is 44.9. The molecular weight excluding hydrogens is 498 g/mol. The van der Waals surface area contributed by atoms with E-state index in [9.17, 15) is 14.4 Å². The molecular formula is C30H33N3O4S. The van der Waals surface area contributed by atoms with Gasteiger partial charge < -0.3 is 9.64 Å². The number of imide groups is 1. The number of carbonyl (C=O) groups excluding carboxylic acids is 3. The monoisotopic (exact) mass is 531 g/mol. The second kappa shape index (κ2) is 11.2. The van der Waals surface area contributed by atoms with Crippen LogP contribution in [0.4, 0.5) is 11.4 Å². The van der Waals surface area contributed by atoms with Gasteiger partial charge in [-0.05, 0) is 60.7 Å². The summed E-state index contributed by atoms with van der Waals surface area (Å²) >= 11 is 1.76. The maximum absolute atomic E-state index is 12.4. The normalized spacial score (nSPS) is 19.5. The van der Waals surface area contributed by atoms with Gasteiger partial charge in [-0.25, -0.2) is 0 Å². The van der Waals surface area contributed by atoms with Gasteiger partial charge >= 0.3 is 5.97 Å². The topological polar surface area (TPSA) is 70.2 Å². The molecule has 0 aliphatic carbocycles. The molecule has 3 aliphatic heterocycles. The molecule has 0 spiro atoms. The second-order valence-electron chi connectivity index (χ2n) is 9.97. The second-order valence-corrected chi connectivity index (χ2v) is 11.1. The van der Waals surface area contributed by atoms with Crippen LogP contribution in [-0.4, -0.2) is 67.9 Å². The zero-order valence-corrected chi connectivity index (χ0v) is 22.9. The van der Waals surface area contributed by atoms with Crippen molar-refractivity contribution in [3.05, 3.63) is 71.3 Å². The molecule has 0 radical (unpaired) electrons. The van der Waals surface area contributed by atoms with Gasteiger partial charge in [0.2, 0.25) is 5.91 Å². The molecule has 2 amide bonds. The number of methoxy groups -OCH3 is 1. The molecule has 0 aromatic heterocycles. The smallest absolute Gasteiger partial charge is 0.309 e. The van der Waals surface area contributed by atoms with Gasteiger partial charge in [0.15, 0.2) is 0 Å². The Bertz CT molecular complexity index is 1330. The summed E-state index contributed by atoms with van der Waals surface area (Å²) in [6.07, 6.45) is 5.88. The van der Waals surface area contributed by atoms with Crippen LogP contribution in [0.1, 0.15) is 25.3 Å². The Morgan fingerprint density at radius 2 is 1.87 bits per heavy atom. The van der Waals surface area contributed by atoms with Gasteiger partial charge in [-0.15, -0.1) is 0 Å². The van der Waals surface area contributed by atoms with Crippen molar-refractivity contribution >= 4 is 40.9 Å². The average molecular weight is 532 g/mol. The summed E-state index contributed by atoms with van der Waals surface area (Å²) < 4.78 is 4.87. The number of ether oxygens (including phenoxy) is 1. The van der Waals surface area contributed by atoms with E-state index < -0.39 is 0 Å². The molecule has 0 saturated heterocycles. The van der Waals surface area contributed by atoms with Crippen LogP contribution in [-0.2, 0) is 25.5 Å². The lowest BCUT2D eigenvalue weighted by Gasteiger charge is -2.34. The van der Waals surface area contributed by atoms with Crippen LogP contribution < -0.4 is 4.90 Å². The quantitative estimate of drug-likeness (QED) is 0.382. The number of amides is 2. The van der Waals surface area contributed by atoms with E-state index >= 15 is 0 Å². The highest BCUT2D eigenvalue weighted by Gasteiger charge is 2.32. The van der Waals surface area contributed by atoms with Crippen LogP contribution in [0.3, 0.4) is 0 Å². The standard InChI is InChI=1S/C30H33N3O4S/c1-20-23(19-28(34)31(2)30(20)36)22-11-15-32(16-12-22)13-6-14-33-24-7-4-5-8-26(24)38-27-10-9-21(17-25(27)33)18-29(35)37-3/h4-5,7-11,17,19-20H,6,12-16,18H2,1-3H3. The minimum atomic E-state index is -0.281. The van der Waals surface area contributed by atoms with Crippen LogP contribution in [0.5, 0.6) is 0 Å². The molecule has 2 aromatic rings. The highest BCUT2D eigenvalue weighted by Crippen LogP contribution is 2.48. The molecule has 0 saturated carbocycles. The number of benzene rings is 2. The molecule has 5 rings (SSSR count). The van der Waals surface area contributed by atoms with E-state index in [0.29, 0.717) is 0 Å². The number of hydrogen-bond donors (Lipinski definition) is 0. The largest absolute Gasteiger partial charge is 0.469 e. The highest BCUT2D eigenvalue weighted by atomic mass is 32.2.